The first kappa shape index (κ1) is 22.2. The Bertz CT molecular complexity index is 809. The second kappa shape index (κ2) is 9.55. The van der Waals surface area contributed by atoms with Gasteiger partial charge >= 0.3 is 0 Å². The Morgan fingerprint density at radius 3 is 2.45 bits per heavy atom. The number of piperazine rings is 1. The van der Waals surface area contributed by atoms with Gasteiger partial charge in [-0.1, -0.05) is 19.9 Å². The molecular weight excluding hydrogens is 390 g/mol. The highest BCUT2D eigenvalue weighted by molar-refractivity contribution is 7.89. The van der Waals surface area contributed by atoms with Crippen LogP contribution in [0, 0.1) is 6.92 Å². The smallest absolute Gasteiger partial charge is 0.253 e. The lowest BCUT2D eigenvalue weighted by Gasteiger charge is -2.35. The first-order valence-electron chi connectivity index (χ1n) is 10.6. The van der Waals surface area contributed by atoms with Crippen molar-refractivity contribution >= 4 is 15.9 Å². The molecule has 2 aliphatic heterocycles. The van der Waals surface area contributed by atoms with E-state index >= 15 is 0 Å². The van der Waals surface area contributed by atoms with E-state index in [1.54, 1.807) is 25.1 Å². The summed E-state index contributed by atoms with van der Waals surface area (Å²) in [5.74, 6) is -0.0993. The lowest BCUT2D eigenvalue weighted by Crippen LogP contribution is -2.50. The highest BCUT2D eigenvalue weighted by Crippen LogP contribution is 2.23. The molecule has 1 aromatic rings. The van der Waals surface area contributed by atoms with Crippen molar-refractivity contribution in [2.75, 3.05) is 52.4 Å². The van der Waals surface area contributed by atoms with Gasteiger partial charge in [-0.25, -0.2) is 8.42 Å². The predicted molar refractivity (Wildman–Crippen MR) is 113 cm³/mol. The standard InChI is InChI=1S/C21H33N3O4S/c1-4-24(5-2)29(26,27)20-15-18(9-8-17(20)3)21(25)23-12-10-22(11-13-23)16-19-7-6-14-28-19/h8-9,15,19H,4-7,10-14,16H2,1-3H3. The number of sulfonamides is 1. The van der Waals surface area contributed by atoms with Gasteiger partial charge in [0.25, 0.3) is 5.91 Å². The number of hydrogen-bond donors (Lipinski definition) is 0. The van der Waals surface area contributed by atoms with Crippen molar-refractivity contribution in [3.8, 4) is 0 Å². The Labute approximate surface area is 174 Å². The molecule has 2 fully saturated rings. The lowest BCUT2D eigenvalue weighted by molar-refractivity contribution is 0.0432. The van der Waals surface area contributed by atoms with Gasteiger partial charge in [-0.15, -0.1) is 0 Å². The molecule has 1 amide bonds. The maximum atomic E-state index is 13.0. The molecular formula is C21H33N3O4S. The van der Waals surface area contributed by atoms with Gasteiger partial charge in [0.2, 0.25) is 10.0 Å². The number of nitrogens with zero attached hydrogens (tertiary/aromatic N) is 3. The SMILES string of the molecule is CCN(CC)S(=O)(=O)c1cc(C(=O)N2CCN(CC3CCCO3)CC2)ccc1C. The molecule has 1 aromatic carbocycles. The second-order valence-corrected chi connectivity index (χ2v) is 9.70. The van der Waals surface area contributed by atoms with Gasteiger partial charge < -0.3 is 9.64 Å². The minimum atomic E-state index is -3.60. The molecule has 0 bridgehead atoms. The Hall–Kier alpha value is -1.48. The van der Waals surface area contributed by atoms with Crippen molar-refractivity contribution in [3.05, 3.63) is 29.3 Å². The van der Waals surface area contributed by atoms with Gasteiger partial charge in [-0.3, -0.25) is 9.69 Å². The summed E-state index contributed by atoms with van der Waals surface area (Å²) >= 11 is 0. The average Bonchev–Trinajstić information content (AvgIpc) is 3.22. The predicted octanol–water partition coefficient (Wildman–Crippen LogP) is 1.96. The topological polar surface area (TPSA) is 70.2 Å². The molecule has 162 valence electrons. The van der Waals surface area contributed by atoms with Gasteiger partial charge in [0.1, 0.15) is 0 Å². The van der Waals surface area contributed by atoms with Crippen LogP contribution >= 0.6 is 0 Å². The van der Waals surface area contributed by atoms with E-state index in [1.807, 2.05) is 18.7 Å². The van der Waals surface area contributed by atoms with E-state index in [9.17, 15) is 13.2 Å². The Morgan fingerprint density at radius 2 is 1.86 bits per heavy atom. The largest absolute Gasteiger partial charge is 0.377 e. The van der Waals surface area contributed by atoms with Gasteiger partial charge in [-0.05, 0) is 37.5 Å². The molecule has 8 heteroatoms. The molecule has 29 heavy (non-hydrogen) atoms. The Morgan fingerprint density at radius 1 is 1.17 bits per heavy atom. The van der Waals surface area contributed by atoms with Gasteiger partial charge in [-0.2, -0.15) is 4.31 Å². The van der Waals surface area contributed by atoms with Crippen LogP contribution in [0.2, 0.25) is 0 Å². The van der Waals surface area contributed by atoms with E-state index in [-0.39, 0.29) is 10.8 Å². The van der Waals surface area contributed by atoms with Crippen molar-refractivity contribution in [2.45, 2.75) is 44.6 Å². The summed E-state index contributed by atoms with van der Waals surface area (Å²) in [5, 5.41) is 0. The third-order valence-electron chi connectivity index (χ3n) is 5.90. The minimum absolute atomic E-state index is 0.0993. The van der Waals surface area contributed by atoms with Crippen molar-refractivity contribution in [1.82, 2.24) is 14.1 Å². The summed E-state index contributed by atoms with van der Waals surface area (Å²) in [6.07, 6.45) is 2.57. The number of benzene rings is 1. The van der Waals surface area contributed by atoms with Gasteiger partial charge in [0, 0.05) is 58.0 Å². The summed E-state index contributed by atoms with van der Waals surface area (Å²) in [7, 11) is -3.60. The van der Waals surface area contributed by atoms with Crippen LogP contribution in [0.5, 0.6) is 0 Å². The zero-order valence-corrected chi connectivity index (χ0v) is 18.6. The van der Waals surface area contributed by atoms with E-state index < -0.39 is 10.0 Å². The Balaban J connectivity index is 1.68. The summed E-state index contributed by atoms with van der Waals surface area (Å²) in [6.45, 7) is 11.0. The molecule has 0 aliphatic carbocycles. The zero-order chi connectivity index (χ0) is 21.0. The van der Waals surface area contributed by atoms with Crippen LogP contribution in [-0.4, -0.2) is 87.0 Å². The number of hydrogen-bond acceptors (Lipinski definition) is 5. The van der Waals surface area contributed by atoms with Crippen LogP contribution in [0.4, 0.5) is 0 Å². The lowest BCUT2D eigenvalue weighted by atomic mass is 10.1. The maximum absolute atomic E-state index is 13.0. The number of aryl methyl sites for hydroxylation is 1. The van der Waals surface area contributed by atoms with Crippen LogP contribution in [0.1, 0.15) is 42.6 Å². The maximum Gasteiger partial charge on any atom is 0.253 e. The number of carbonyl (C=O) groups is 1. The molecule has 1 unspecified atom stereocenters. The van der Waals surface area contributed by atoms with E-state index in [4.69, 9.17) is 4.74 Å². The number of amides is 1. The van der Waals surface area contributed by atoms with Crippen LogP contribution in [0.3, 0.4) is 0 Å². The van der Waals surface area contributed by atoms with Crippen LogP contribution in [0.25, 0.3) is 0 Å². The van der Waals surface area contributed by atoms with Crippen molar-refractivity contribution in [2.24, 2.45) is 0 Å². The van der Waals surface area contributed by atoms with Crippen LogP contribution in [-0.2, 0) is 14.8 Å². The zero-order valence-electron chi connectivity index (χ0n) is 17.8. The van der Waals surface area contributed by atoms with Crippen LogP contribution in [0.15, 0.2) is 23.1 Å². The fraction of sp³-hybridized carbons (Fsp3) is 0.667. The molecule has 2 saturated heterocycles. The molecule has 0 radical (unpaired) electrons. The summed E-state index contributed by atoms with van der Waals surface area (Å²) < 4.78 is 33.0. The molecule has 2 aliphatic rings. The first-order valence-corrected chi connectivity index (χ1v) is 12.0. The molecule has 0 saturated carbocycles. The highest BCUT2D eigenvalue weighted by atomic mass is 32.2. The fourth-order valence-corrected chi connectivity index (χ4v) is 5.81. The third-order valence-corrected chi connectivity index (χ3v) is 8.10. The molecule has 0 N–H and O–H groups in total. The molecule has 3 rings (SSSR count). The highest BCUT2D eigenvalue weighted by Gasteiger charge is 2.28. The normalized spacial score (nSPS) is 21.1. The third kappa shape index (κ3) is 4.99. The fourth-order valence-electron chi connectivity index (χ4n) is 4.11. The molecule has 2 heterocycles. The van der Waals surface area contributed by atoms with Gasteiger partial charge in [0.15, 0.2) is 0 Å². The monoisotopic (exact) mass is 423 g/mol. The summed E-state index contributed by atoms with van der Waals surface area (Å²) in [4.78, 5) is 17.4. The van der Waals surface area contributed by atoms with Crippen molar-refractivity contribution in [3.63, 3.8) is 0 Å². The van der Waals surface area contributed by atoms with E-state index in [0.717, 1.165) is 39.1 Å². The first-order chi connectivity index (χ1) is 13.9. The Kier molecular flexibility index (Phi) is 7.32. The molecule has 0 aromatic heterocycles. The quantitative estimate of drug-likeness (QED) is 0.671. The van der Waals surface area contributed by atoms with E-state index in [1.165, 1.54) is 4.31 Å². The minimum Gasteiger partial charge on any atom is -0.377 e. The van der Waals surface area contributed by atoms with Crippen molar-refractivity contribution < 1.29 is 17.9 Å². The van der Waals surface area contributed by atoms with E-state index in [0.29, 0.717) is 43.4 Å². The number of ether oxygens (including phenoxy) is 1. The van der Waals surface area contributed by atoms with Gasteiger partial charge in [0.05, 0.1) is 11.0 Å². The van der Waals surface area contributed by atoms with E-state index in [2.05, 4.69) is 4.90 Å². The summed E-state index contributed by atoms with van der Waals surface area (Å²) in [5.41, 5.74) is 1.10. The number of carbonyl (C=O) groups excluding carboxylic acids is 1. The average molecular weight is 424 g/mol. The summed E-state index contributed by atoms with van der Waals surface area (Å²) in [6, 6.07) is 5.01. The second-order valence-electron chi connectivity index (χ2n) is 7.80. The molecule has 0 spiro atoms. The molecule has 1 atom stereocenters. The van der Waals surface area contributed by atoms with Crippen molar-refractivity contribution in [1.29, 1.82) is 0 Å². The van der Waals surface area contributed by atoms with Crippen LogP contribution < -0.4 is 0 Å². The number of rotatable bonds is 7. The molecule has 7 nitrogen and oxygen atoms in total.